The quantitative estimate of drug-likeness (QED) is 0.543. The SMILES string of the molecule is COC(=O)NC(C)(C)/C=C/n1ncc(C(=O)N[C@@H]2CCCCC2CCC#N)c1OCC(C)C. The number of carbonyl (C=O) groups is 2. The molecule has 0 aliphatic heterocycles. The van der Waals surface area contributed by atoms with Crippen LogP contribution in [-0.4, -0.2) is 47.1 Å². The zero-order valence-electron chi connectivity index (χ0n) is 20.4. The summed E-state index contributed by atoms with van der Waals surface area (Å²) in [5, 5.41) is 19.2. The maximum atomic E-state index is 13.2. The fourth-order valence-corrected chi connectivity index (χ4v) is 3.85. The summed E-state index contributed by atoms with van der Waals surface area (Å²) in [6.07, 6.45) is 9.79. The van der Waals surface area contributed by atoms with Crippen molar-refractivity contribution in [2.75, 3.05) is 13.7 Å². The van der Waals surface area contributed by atoms with Crippen LogP contribution in [0.1, 0.15) is 76.6 Å². The summed E-state index contributed by atoms with van der Waals surface area (Å²) >= 11 is 0. The molecule has 0 bridgehead atoms. The lowest BCUT2D eigenvalue weighted by Gasteiger charge is -2.31. The minimum Gasteiger partial charge on any atom is -0.477 e. The molecule has 1 saturated carbocycles. The van der Waals surface area contributed by atoms with E-state index in [-0.39, 0.29) is 17.9 Å². The molecule has 1 heterocycles. The van der Waals surface area contributed by atoms with Gasteiger partial charge in [0.1, 0.15) is 5.56 Å². The molecule has 0 saturated heterocycles. The summed E-state index contributed by atoms with van der Waals surface area (Å²) in [5.41, 5.74) is -0.337. The Balaban J connectivity index is 2.22. The Morgan fingerprint density at radius 3 is 2.76 bits per heavy atom. The van der Waals surface area contributed by atoms with Gasteiger partial charge in [-0.1, -0.05) is 26.7 Å². The van der Waals surface area contributed by atoms with Gasteiger partial charge in [0.15, 0.2) is 0 Å². The molecule has 2 atom stereocenters. The van der Waals surface area contributed by atoms with Gasteiger partial charge in [-0.15, -0.1) is 0 Å². The van der Waals surface area contributed by atoms with Crippen molar-refractivity contribution >= 4 is 18.2 Å². The highest BCUT2D eigenvalue weighted by atomic mass is 16.5. The maximum absolute atomic E-state index is 13.2. The fourth-order valence-electron chi connectivity index (χ4n) is 3.85. The van der Waals surface area contributed by atoms with Crippen LogP contribution in [-0.2, 0) is 4.74 Å². The molecule has 1 fully saturated rings. The van der Waals surface area contributed by atoms with Crippen molar-refractivity contribution < 1.29 is 19.1 Å². The average Bonchev–Trinajstić information content (AvgIpc) is 3.18. The number of aromatic nitrogens is 2. The second-order valence-electron chi connectivity index (χ2n) is 9.49. The Labute approximate surface area is 196 Å². The van der Waals surface area contributed by atoms with Crippen molar-refractivity contribution in [3.05, 3.63) is 17.8 Å². The van der Waals surface area contributed by atoms with Gasteiger partial charge in [-0.05, 0) is 51.0 Å². The Morgan fingerprint density at radius 2 is 2.09 bits per heavy atom. The fraction of sp³-hybridized carbons (Fsp3) is 0.667. The summed E-state index contributed by atoms with van der Waals surface area (Å²) in [7, 11) is 1.31. The van der Waals surface area contributed by atoms with Gasteiger partial charge in [0.05, 0.1) is 31.5 Å². The molecule has 1 aliphatic carbocycles. The molecule has 9 nitrogen and oxygen atoms in total. The third-order valence-corrected chi connectivity index (χ3v) is 5.64. The highest BCUT2D eigenvalue weighted by molar-refractivity contribution is 5.96. The van der Waals surface area contributed by atoms with E-state index < -0.39 is 11.6 Å². The van der Waals surface area contributed by atoms with Crippen LogP contribution in [0.5, 0.6) is 5.88 Å². The number of hydrogen-bond donors (Lipinski definition) is 2. The van der Waals surface area contributed by atoms with Gasteiger partial charge < -0.3 is 20.1 Å². The van der Waals surface area contributed by atoms with Gasteiger partial charge in [-0.25, -0.2) is 9.48 Å². The van der Waals surface area contributed by atoms with Crippen molar-refractivity contribution in [2.45, 2.75) is 77.8 Å². The van der Waals surface area contributed by atoms with Crippen molar-refractivity contribution in [1.29, 1.82) is 5.26 Å². The number of nitrogens with zero attached hydrogens (tertiary/aromatic N) is 3. The van der Waals surface area contributed by atoms with Crippen LogP contribution in [0.3, 0.4) is 0 Å². The topological polar surface area (TPSA) is 118 Å². The van der Waals surface area contributed by atoms with E-state index in [2.05, 4.69) is 26.5 Å². The van der Waals surface area contributed by atoms with E-state index in [1.165, 1.54) is 18.0 Å². The van der Waals surface area contributed by atoms with E-state index in [9.17, 15) is 9.59 Å². The number of ether oxygens (including phenoxy) is 2. The summed E-state index contributed by atoms with van der Waals surface area (Å²) in [4.78, 5) is 24.8. The third-order valence-electron chi connectivity index (χ3n) is 5.64. The molecule has 1 aromatic rings. The van der Waals surface area contributed by atoms with Gasteiger partial charge in [0, 0.05) is 18.7 Å². The Bertz CT molecular complexity index is 869. The van der Waals surface area contributed by atoms with Crippen LogP contribution in [0.2, 0.25) is 0 Å². The monoisotopic (exact) mass is 459 g/mol. The minimum atomic E-state index is -0.702. The normalized spacial score (nSPS) is 18.7. The molecule has 182 valence electrons. The van der Waals surface area contributed by atoms with E-state index in [1.807, 2.05) is 27.7 Å². The Morgan fingerprint density at radius 1 is 1.36 bits per heavy atom. The molecule has 33 heavy (non-hydrogen) atoms. The van der Waals surface area contributed by atoms with Gasteiger partial charge in [-0.3, -0.25) is 4.79 Å². The average molecular weight is 460 g/mol. The number of rotatable bonds is 10. The van der Waals surface area contributed by atoms with Crippen LogP contribution in [0.25, 0.3) is 6.20 Å². The molecule has 2 N–H and O–H groups in total. The molecule has 0 radical (unpaired) electrons. The molecule has 2 amide bonds. The number of alkyl carbamates (subject to hydrolysis) is 1. The van der Waals surface area contributed by atoms with Crippen molar-refractivity contribution in [1.82, 2.24) is 20.4 Å². The first-order chi connectivity index (χ1) is 15.7. The van der Waals surface area contributed by atoms with E-state index in [4.69, 9.17) is 10.00 Å². The second-order valence-corrected chi connectivity index (χ2v) is 9.49. The maximum Gasteiger partial charge on any atom is 0.407 e. The zero-order valence-corrected chi connectivity index (χ0v) is 20.4. The molecule has 2 rings (SSSR count). The lowest BCUT2D eigenvalue weighted by molar-refractivity contribution is 0.0898. The van der Waals surface area contributed by atoms with E-state index in [0.29, 0.717) is 30.4 Å². The molecule has 0 aromatic carbocycles. The number of carbonyl (C=O) groups excluding carboxylic acids is 2. The van der Waals surface area contributed by atoms with Gasteiger partial charge in [0.25, 0.3) is 5.91 Å². The molecule has 1 aliphatic rings. The Kier molecular flexibility index (Phi) is 9.76. The van der Waals surface area contributed by atoms with Crippen LogP contribution in [0, 0.1) is 23.2 Å². The van der Waals surface area contributed by atoms with Crippen LogP contribution in [0.15, 0.2) is 12.3 Å². The lowest BCUT2D eigenvalue weighted by Crippen LogP contribution is -2.42. The number of hydrogen-bond acceptors (Lipinski definition) is 6. The first-order valence-corrected chi connectivity index (χ1v) is 11.6. The predicted molar refractivity (Wildman–Crippen MR) is 126 cm³/mol. The lowest BCUT2D eigenvalue weighted by atomic mass is 9.81. The smallest absolute Gasteiger partial charge is 0.407 e. The molecule has 9 heteroatoms. The third kappa shape index (κ3) is 8.12. The highest BCUT2D eigenvalue weighted by Crippen LogP contribution is 2.29. The second kappa shape index (κ2) is 12.3. The predicted octanol–water partition coefficient (Wildman–Crippen LogP) is 4.12. The van der Waals surface area contributed by atoms with E-state index in [0.717, 1.165) is 32.1 Å². The minimum absolute atomic E-state index is 0.0413. The highest BCUT2D eigenvalue weighted by Gasteiger charge is 2.28. The number of methoxy groups -OCH3 is 1. The zero-order chi connectivity index (χ0) is 24.4. The number of nitrogens with one attached hydrogen (secondary N) is 2. The molecular formula is C24H37N5O4. The summed E-state index contributed by atoms with van der Waals surface area (Å²) < 4.78 is 12.1. The standard InChI is InChI=1S/C24H37N5O4/c1-17(2)16-33-22-19(15-26-29(22)14-12-24(3,4)28-23(31)32-5)21(30)27-20-11-7-6-9-18(20)10-8-13-25/h12,14-15,17-18,20H,6-11,16H2,1-5H3,(H,27,30)(H,28,31)/b14-12+/t18?,20-/m1/s1. The van der Waals surface area contributed by atoms with Gasteiger partial charge >= 0.3 is 6.09 Å². The molecule has 0 spiro atoms. The van der Waals surface area contributed by atoms with Gasteiger partial charge in [0.2, 0.25) is 5.88 Å². The largest absolute Gasteiger partial charge is 0.477 e. The van der Waals surface area contributed by atoms with Crippen LogP contribution in [0.4, 0.5) is 4.79 Å². The van der Waals surface area contributed by atoms with Crippen LogP contribution >= 0.6 is 0 Å². The molecule has 1 aromatic heterocycles. The molecule has 1 unspecified atom stereocenters. The summed E-state index contributed by atoms with van der Waals surface area (Å²) in [5.74, 6) is 0.701. The first kappa shape index (κ1) is 26.2. The number of nitriles is 1. The van der Waals surface area contributed by atoms with Gasteiger partial charge in [-0.2, -0.15) is 10.4 Å². The summed E-state index contributed by atoms with van der Waals surface area (Å²) in [6.45, 7) is 8.12. The van der Waals surface area contributed by atoms with Crippen LogP contribution < -0.4 is 15.4 Å². The van der Waals surface area contributed by atoms with Crippen molar-refractivity contribution in [3.8, 4) is 11.9 Å². The van der Waals surface area contributed by atoms with Crippen molar-refractivity contribution in [3.63, 3.8) is 0 Å². The first-order valence-electron chi connectivity index (χ1n) is 11.6. The summed E-state index contributed by atoms with van der Waals surface area (Å²) in [6, 6.07) is 2.26. The Hall–Kier alpha value is -3.02. The molecular weight excluding hydrogens is 422 g/mol. The van der Waals surface area contributed by atoms with E-state index in [1.54, 1.807) is 12.3 Å². The van der Waals surface area contributed by atoms with E-state index >= 15 is 0 Å². The number of amides is 2. The van der Waals surface area contributed by atoms with Crippen molar-refractivity contribution in [2.24, 2.45) is 11.8 Å².